The van der Waals surface area contributed by atoms with E-state index in [-0.39, 0.29) is 22.7 Å². The van der Waals surface area contributed by atoms with E-state index in [1.807, 2.05) is 60.7 Å². The summed E-state index contributed by atoms with van der Waals surface area (Å²) < 4.78 is 12.5. The first-order valence-corrected chi connectivity index (χ1v) is 16.3. The number of ketones is 1. The number of Topliss-reactive ketones (excluding diaryl/α,β-unsaturated/α-hetero) is 1. The van der Waals surface area contributed by atoms with Crippen LogP contribution in [0.15, 0.2) is 154 Å². The van der Waals surface area contributed by atoms with E-state index in [0.29, 0.717) is 65.4 Å². The Hall–Kier alpha value is -4.84. The summed E-state index contributed by atoms with van der Waals surface area (Å²) >= 11 is 25.2. The number of allylic oxidation sites excluding steroid dienone is 6. The average Bonchev–Trinajstić information content (AvgIpc) is 3.10. The first-order valence-electron chi connectivity index (χ1n) is 14.7. The van der Waals surface area contributed by atoms with Crippen LogP contribution in [0.1, 0.15) is 16.7 Å². The van der Waals surface area contributed by atoms with Crippen molar-refractivity contribution in [3.8, 4) is 22.6 Å². The minimum absolute atomic E-state index is 0.0597. The Labute approximate surface area is 296 Å². The van der Waals surface area contributed by atoms with Crippen LogP contribution in [0.4, 0.5) is 0 Å². The second kappa shape index (κ2) is 13.3. The minimum Gasteiger partial charge on any atom is -0.871 e. The van der Waals surface area contributed by atoms with Crippen LogP contribution in [-0.2, 0) is 9.53 Å². The first kappa shape index (κ1) is 31.7. The minimum atomic E-state index is -0.374. The Morgan fingerprint density at radius 1 is 0.625 bits per heavy atom. The van der Waals surface area contributed by atoms with Gasteiger partial charge in [-0.15, -0.1) is 0 Å². The Morgan fingerprint density at radius 3 is 1.81 bits per heavy atom. The van der Waals surface area contributed by atoms with Crippen molar-refractivity contribution in [3.63, 3.8) is 0 Å². The molecule has 0 saturated heterocycles. The quantitative estimate of drug-likeness (QED) is 0.130. The van der Waals surface area contributed by atoms with Crippen LogP contribution < -0.4 is 5.11 Å². The van der Waals surface area contributed by atoms with E-state index in [1.54, 1.807) is 72.8 Å². The molecule has 1 aromatic heterocycles. The van der Waals surface area contributed by atoms with Crippen LogP contribution in [-0.4, -0.2) is 5.78 Å². The van der Waals surface area contributed by atoms with Gasteiger partial charge < -0.3 is 9.84 Å². The molecule has 0 bridgehead atoms. The molecule has 0 N–H and O–H groups in total. The number of carbonyl (C=O) groups excluding carboxylic acids is 1. The molecule has 5 aromatic rings. The van der Waals surface area contributed by atoms with Gasteiger partial charge in [-0.1, -0.05) is 76.4 Å². The predicted octanol–water partition coefficient (Wildman–Crippen LogP) is 11.1. The number of hydrogen-bond acceptors (Lipinski definition) is 3. The van der Waals surface area contributed by atoms with Crippen LogP contribution in [0.2, 0.25) is 20.1 Å². The van der Waals surface area contributed by atoms with Gasteiger partial charge in [-0.2, -0.15) is 0 Å². The molecular weight excluding hydrogens is 686 g/mol. The average molecular weight is 708 g/mol. The second-order valence-corrected chi connectivity index (χ2v) is 12.7. The molecule has 7 rings (SSSR count). The smallest absolute Gasteiger partial charge is 0.362 e. The fraction of sp³-hybridized carbons (Fsp3) is 0. The third-order valence-electron chi connectivity index (χ3n) is 7.77. The summed E-state index contributed by atoms with van der Waals surface area (Å²) in [5.74, 6) is 1.23. The fourth-order valence-electron chi connectivity index (χ4n) is 5.34. The number of ether oxygens (including phenoxy) is 1. The molecule has 1 aliphatic carbocycles. The van der Waals surface area contributed by atoms with Gasteiger partial charge in [0.1, 0.15) is 11.5 Å². The molecule has 0 spiro atoms. The van der Waals surface area contributed by atoms with Crippen LogP contribution >= 0.6 is 46.4 Å². The number of carbonyl (C=O) groups is 1. The standard InChI is InChI=1S/C40H22Cl4O4/c41-27-13-9-25(10-14-27)35-19-23(21-37(47-35)29-5-1-3-7-33(29)43)17-31-39(45)32(40(31)46)18-24-20-36(26-11-15-28(42)16-12-26)48-38(22-24)30-6-2-4-8-34(30)44/h1-22H. The van der Waals surface area contributed by atoms with Gasteiger partial charge in [-0.25, -0.2) is 4.42 Å². The van der Waals surface area contributed by atoms with Crippen LogP contribution in [0.3, 0.4) is 0 Å². The summed E-state index contributed by atoms with van der Waals surface area (Å²) in [6, 6.07) is 32.4. The lowest BCUT2D eigenvalue weighted by Crippen LogP contribution is -2.29. The van der Waals surface area contributed by atoms with Gasteiger partial charge in [0, 0.05) is 32.3 Å². The van der Waals surface area contributed by atoms with E-state index >= 15 is 0 Å². The molecule has 4 aromatic carbocycles. The van der Waals surface area contributed by atoms with E-state index < -0.39 is 0 Å². The number of halogens is 4. The highest BCUT2D eigenvalue weighted by Gasteiger charge is 2.28. The summed E-state index contributed by atoms with van der Waals surface area (Å²) in [7, 11) is 0. The summed E-state index contributed by atoms with van der Waals surface area (Å²) in [4.78, 5) is 13.5. The summed E-state index contributed by atoms with van der Waals surface area (Å²) in [6.45, 7) is 0. The molecule has 0 fully saturated rings. The van der Waals surface area contributed by atoms with Crippen molar-refractivity contribution in [2.45, 2.75) is 0 Å². The Bertz CT molecular complexity index is 2260. The largest absolute Gasteiger partial charge is 0.871 e. The van der Waals surface area contributed by atoms with Gasteiger partial charge >= 0.3 is 11.5 Å². The maximum atomic E-state index is 13.5. The van der Waals surface area contributed by atoms with Gasteiger partial charge in [0.15, 0.2) is 5.78 Å². The van der Waals surface area contributed by atoms with E-state index in [4.69, 9.17) is 55.6 Å². The third-order valence-corrected chi connectivity index (χ3v) is 8.93. The topological polar surface area (TPSA) is 60.7 Å². The second-order valence-electron chi connectivity index (χ2n) is 11.0. The summed E-state index contributed by atoms with van der Waals surface area (Å²) in [5.41, 5.74) is 4.18. The van der Waals surface area contributed by atoms with Crippen LogP contribution in [0.25, 0.3) is 40.2 Å². The molecule has 4 nitrogen and oxygen atoms in total. The molecule has 1 aliphatic heterocycles. The van der Waals surface area contributed by atoms with Crippen molar-refractivity contribution in [1.29, 1.82) is 0 Å². The molecule has 0 radical (unpaired) electrons. The molecule has 0 amide bonds. The highest BCUT2D eigenvalue weighted by atomic mass is 35.5. The van der Waals surface area contributed by atoms with Crippen molar-refractivity contribution in [2.24, 2.45) is 0 Å². The highest BCUT2D eigenvalue weighted by molar-refractivity contribution is 6.33. The lowest BCUT2D eigenvalue weighted by molar-refractivity contribution is -0.300. The van der Waals surface area contributed by atoms with E-state index in [9.17, 15) is 9.90 Å². The van der Waals surface area contributed by atoms with Crippen molar-refractivity contribution in [1.82, 2.24) is 0 Å². The molecule has 0 unspecified atom stereocenters. The number of rotatable bonds is 6. The molecular formula is C40H22Cl4O4. The molecule has 2 aliphatic rings. The number of hydrogen-bond donors (Lipinski definition) is 0. The Morgan fingerprint density at radius 2 is 1.19 bits per heavy atom. The Balaban J connectivity index is 1.29. The van der Waals surface area contributed by atoms with Crippen molar-refractivity contribution in [3.05, 3.63) is 187 Å². The van der Waals surface area contributed by atoms with Crippen molar-refractivity contribution in [2.75, 3.05) is 0 Å². The zero-order chi connectivity index (χ0) is 33.4. The Kier molecular flexibility index (Phi) is 8.83. The fourth-order valence-corrected chi connectivity index (χ4v) is 6.05. The van der Waals surface area contributed by atoms with Gasteiger partial charge in [-0.05, 0) is 108 Å². The maximum Gasteiger partial charge on any atom is 0.362 e. The normalized spacial score (nSPS) is 16.0. The monoisotopic (exact) mass is 706 g/mol. The molecule has 2 heterocycles. The third kappa shape index (κ3) is 6.49. The van der Waals surface area contributed by atoms with Gasteiger partial charge in [0.05, 0.1) is 33.3 Å². The first-order chi connectivity index (χ1) is 23.2. The molecule has 0 saturated carbocycles. The SMILES string of the molecule is O=C1C(=Cc2cc(-c3ccc(Cl)cc3)[o+]c(-c3ccccc3Cl)c2)C([O-])=C1C=C1C=C(c2ccc(Cl)cc2)OC(c2ccccc2Cl)=C1. The van der Waals surface area contributed by atoms with Crippen molar-refractivity contribution >= 4 is 69.8 Å². The van der Waals surface area contributed by atoms with E-state index in [2.05, 4.69) is 0 Å². The van der Waals surface area contributed by atoms with Crippen LogP contribution in [0.5, 0.6) is 0 Å². The highest BCUT2D eigenvalue weighted by Crippen LogP contribution is 2.39. The van der Waals surface area contributed by atoms with E-state index in [1.165, 1.54) is 0 Å². The summed E-state index contributed by atoms with van der Waals surface area (Å²) in [5, 5.41) is 15.7. The van der Waals surface area contributed by atoms with E-state index in [0.717, 1.165) is 11.1 Å². The summed E-state index contributed by atoms with van der Waals surface area (Å²) in [6.07, 6.45) is 6.67. The van der Waals surface area contributed by atoms with Gasteiger partial charge in [-0.3, -0.25) is 4.79 Å². The predicted molar refractivity (Wildman–Crippen MR) is 192 cm³/mol. The molecule has 0 atom stereocenters. The number of benzene rings is 4. The van der Waals surface area contributed by atoms with Gasteiger partial charge in [0.25, 0.3) is 0 Å². The maximum absolute atomic E-state index is 13.5. The molecule has 8 heteroatoms. The zero-order valence-electron chi connectivity index (χ0n) is 24.8. The lowest BCUT2D eigenvalue weighted by Gasteiger charge is -2.29. The lowest BCUT2D eigenvalue weighted by atomic mass is 9.85. The molecule has 48 heavy (non-hydrogen) atoms. The zero-order valence-corrected chi connectivity index (χ0v) is 27.9. The van der Waals surface area contributed by atoms with Gasteiger partial charge in [0.2, 0.25) is 0 Å². The van der Waals surface area contributed by atoms with Crippen LogP contribution in [0, 0.1) is 0 Å². The molecule has 234 valence electrons. The van der Waals surface area contributed by atoms with Crippen molar-refractivity contribution < 1.29 is 19.1 Å².